The van der Waals surface area contributed by atoms with Crippen LogP contribution in [0.3, 0.4) is 0 Å². The third-order valence-corrected chi connectivity index (χ3v) is 2.32. The number of aliphatic carboxylic acids is 2. The van der Waals surface area contributed by atoms with E-state index in [1.54, 1.807) is 16.8 Å². The fourth-order valence-corrected chi connectivity index (χ4v) is 1.71. The van der Waals surface area contributed by atoms with Gasteiger partial charge in [-0.05, 0) is 22.4 Å². The first-order valence-corrected chi connectivity index (χ1v) is 4.52. The Labute approximate surface area is 78.4 Å². The van der Waals surface area contributed by atoms with E-state index in [-0.39, 0.29) is 6.42 Å². The standard InChI is InChI=1S/C8H8O4S/c9-7(10)3-6(8(11)12)5-1-2-13-4-5/h1-2,4,6H,3H2,(H,9,10)(H,11,12)/t6-/m1/s1. The number of thiophene rings is 1. The molecule has 0 aliphatic rings. The van der Waals surface area contributed by atoms with Gasteiger partial charge < -0.3 is 10.2 Å². The van der Waals surface area contributed by atoms with Crippen molar-refractivity contribution < 1.29 is 19.8 Å². The predicted octanol–water partition coefficient (Wildman–Crippen LogP) is 1.39. The van der Waals surface area contributed by atoms with Crippen molar-refractivity contribution in [2.24, 2.45) is 0 Å². The lowest BCUT2D eigenvalue weighted by atomic mass is 9.99. The normalized spacial score (nSPS) is 12.3. The van der Waals surface area contributed by atoms with Gasteiger partial charge in [-0.15, -0.1) is 0 Å². The molecule has 0 amide bonds. The summed E-state index contributed by atoms with van der Waals surface area (Å²) in [7, 11) is 0. The number of carbonyl (C=O) groups is 2. The van der Waals surface area contributed by atoms with Gasteiger partial charge in [-0.3, -0.25) is 9.59 Å². The van der Waals surface area contributed by atoms with Gasteiger partial charge in [0.1, 0.15) is 0 Å². The predicted molar refractivity (Wildman–Crippen MR) is 46.9 cm³/mol. The van der Waals surface area contributed by atoms with Crippen LogP contribution in [-0.4, -0.2) is 22.2 Å². The van der Waals surface area contributed by atoms with E-state index < -0.39 is 17.9 Å². The number of carboxylic acids is 2. The van der Waals surface area contributed by atoms with Crippen LogP contribution in [0.4, 0.5) is 0 Å². The van der Waals surface area contributed by atoms with Crippen molar-refractivity contribution in [2.75, 3.05) is 0 Å². The fraction of sp³-hybridized carbons (Fsp3) is 0.250. The zero-order chi connectivity index (χ0) is 9.84. The minimum Gasteiger partial charge on any atom is -0.481 e. The van der Waals surface area contributed by atoms with E-state index in [1.807, 2.05) is 0 Å². The average molecular weight is 200 g/mol. The summed E-state index contributed by atoms with van der Waals surface area (Å²) in [6, 6.07) is 1.63. The van der Waals surface area contributed by atoms with E-state index in [2.05, 4.69) is 0 Å². The van der Waals surface area contributed by atoms with Gasteiger partial charge in [0.25, 0.3) is 0 Å². The molecule has 0 unspecified atom stereocenters. The molecule has 1 rings (SSSR count). The Morgan fingerprint density at radius 2 is 2.15 bits per heavy atom. The van der Waals surface area contributed by atoms with Crippen LogP contribution < -0.4 is 0 Å². The van der Waals surface area contributed by atoms with Crippen molar-refractivity contribution in [1.82, 2.24) is 0 Å². The molecule has 0 fully saturated rings. The topological polar surface area (TPSA) is 74.6 Å². The molecule has 0 bridgehead atoms. The van der Waals surface area contributed by atoms with E-state index in [1.165, 1.54) is 11.3 Å². The first-order valence-electron chi connectivity index (χ1n) is 3.58. The van der Waals surface area contributed by atoms with Crippen LogP contribution >= 0.6 is 11.3 Å². The Kier molecular flexibility index (Phi) is 3.02. The van der Waals surface area contributed by atoms with Crippen molar-refractivity contribution in [1.29, 1.82) is 0 Å². The van der Waals surface area contributed by atoms with E-state index in [4.69, 9.17) is 10.2 Å². The van der Waals surface area contributed by atoms with Gasteiger partial charge >= 0.3 is 11.9 Å². The van der Waals surface area contributed by atoms with Crippen molar-refractivity contribution in [3.63, 3.8) is 0 Å². The molecular formula is C8H8O4S. The summed E-state index contributed by atoms with van der Waals surface area (Å²) in [4.78, 5) is 21.0. The van der Waals surface area contributed by atoms with Crippen molar-refractivity contribution in [2.45, 2.75) is 12.3 Å². The van der Waals surface area contributed by atoms with E-state index in [0.29, 0.717) is 5.56 Å². The molecule has 13 heavy (non-hydrogen) atoms. The van der Waals surface area contributed by atoms with Crippen LogP contribution in [0.15, 0.2) is 16.8 Å². The number of carboxylic acid groups (broad SMARTS) is 2. The van der Waals surface area contributed by atoms with Gasteiger partial charge in [-0.2, -0.15) is 11.3 Å². The molecule has 70 valence electrons. The summed E-state index contributed by atoms with van der Waals surface area (Å²) in [6.45, 7) is 0. The number of rotatable bonds is 4. The highest BCUT2D eigenvalue weighted by molar-refractivity contribution is 7.08. The van der Waals surface area contributed by atoms with Crippen LogP contribution in [0, 0.1) is 0 Å². The molecule has 4 nitrogen and oxygen atoms in total. The first-order chi connectivity index (χ1) is 6.11. The second-order valence-electron chi connectivity index (χ2n) is 2.55. The Bertz CT molecular complexity index is 304. The van der Waals surface area contributed by atoms with Crippen LogP contribution in [0.2, 0.25) is 0 Å². The average Bonchev–Trinajstić information content (AvgIpc) is 2.50. The largest absolute Gasteiger partial charge is 0.481 e. The molecule has 0 radical (unpaired) electrons. The summed E-state index contributed by atoms with van der Waals surface area (Å²) in [5.41, 5.74) is 0.555. The van der Waals surface area contributed by atoms with Gasteiger partial charge in [0, 0.05) is 0 Å². The maximum atomic E-state index is 10.7. The summed E-state index contributed by atoms with van der Waals surface area (Å²) < 4.78 is 0. The second-order valence-corrected chi connectivity index (χ2v) is 3.33. The molecule has 1 aromatic heterocycles. The minimum absolute atomic E-state index is 0.369. The molecule has 0 aromatic carbocycles. The van der Waals surface area contributed by atoms with Crippen LogP contribution in [0.25, 0.3) is 0 Å². The van der Waals surface area contributed by atoms with Crippen LogP contribution in [0.5, 0.6) is 0 Å². The van der Waals surface area contributed by atoms with Crippen LogP contribution in [0.1, 0.15) is 17.9 Å². The molecule has 0 aliphatic heterocycles. The lowest BCUT2D eigenvalue weighted by Gasteiger charge is -2.06. The lowest BCUT2D eigenvalue weighted by molar-refractivity contribution is -0.145. The van der Waals surface area contributed by atoms with E-state index in [0.717, 1.165) is 0 Å². The molecule has 0 saturated carbocycles. The summed E-state index contributed by atoms with van der Waals surface area (Å²) in [5, 5.41) is 20.6. The third-order valence-electron chi connectivity index (χ3n) is 1.62. The lowest BCUT2D eigenvalue weighted by Crippen LogP contribution is -2.15. The van der Waals surface area contributed by atoms with Gasteiger partial charge in [-0.25, -0.2) is 0 Å². The third kappa shape index (κ3) is 2.55. The first kappa shape index (κ1) is 9.73. The van der Waals surface area contributed by atoms with Gasteiger partial charge in [0.05, 0.1) is 12.3 Å². The highest BCUT2D eigenvalue weighted by Crippen LogP contribution is 2.22. The van der Waals surface area contributed by atoms with E-state index >= 15 is 0 Å². The summed E-state index contributed by atoms with van der Waals surface area (Å²) in [5.74, 6) is -3.12. The fourth-order valence-electron chi connectivity index (χ4n) is 0.996. The molecule has 0 aliphatic carbocycles. The van der Waals surface area contributed by atoms with Gasteiger partial charge in [0.2, 0.25) is 0 Å². The Morgan fingerprint density at radius 1 is 1.46 bits per heavy atom. The van der Waals surface area contributed by atoms with Gasteiger partial charge in [-0.1, -0.05) is 0 Å². The monoisotopic (exact) mass is 200 g/mol. The molecule has 5 heteroatoms. The maximum absolute atomic E-state index is 10.7. The zero-order valence-electron chi connectivity index (χ0n) is 6.64. The highest BCUT2D eigenvalue weighted by atomic mass is 32.1. The molecular weight excluding hydrogens is 192 g/mol. The van der Waals surface area contributed by atoms with Crippen molar-refractivity contribution in [3.05, 3.63) is 22.4 Å². The minimum atomic E-state index is -1.10. The molecule has 1 aromatic rings. The zero-order valence-corrected chi connectivity index (χ0v) is 7.45. The second kappa shape index (κ2) is 4.04. The molecule has 0 saturated heterocycles. The molecule has 1 atom stereocenters. The van der Waals surface area contributed by atoms with Crippen molar-refractivity contribution >= 4 is 23.3 Å². The molecule has 1 heterocycles. The Morgan fingerprint density at radius 3 is 2.54 bits per heavy atom. The number of hydrogen-bond donors (Lipinski definition) is 2. The SMILES string of the molecule is O=C(O)C[C@@H](C(=O)O)c1ccsc1. The number of hydrogen-bond acceptors (Lipinski definition) is 3. The Balaban J connectivity index is 2.81. The summed E-state index contributed by atoms with van der Waals surface area (Å²) in [6.07, 6.45) is -0.369. The smallest absolute Gasteiger partial charge is 0.311 e. The quantitative estimate of drug-likeness (QED) is 0.770. The molecule has 2 N–H and O–H groups in total. The van der Waals surface area contributed by atoms with Crippen molar-refractivity contribution in [3.8, 4) is 0 Å². The Hall–Kier alpha value is -1.36. The van der Waals surface area contributed by atoms with Crippen LogP contribution in [-0.2, 0) is 9.59 Å². The van der Waals surface area contributed by atoms with Gasteiger partial charge in [0.15, 0.2) is 0 Å². The van der Waals surface area contributed by atoms with E-state index in [9.17, 15) is 9.59 Å². The molecule has 0 spiro atoms. The maximum Gasteiger partial charge on any atom is 0.311 e. The summed E-state index contributed by atoms with van der Waals surface area (Å²) >= 11 is 1.36. The highest BCUT2D eigenvalue weighted by Gasteiger charge is 2.22.